The lowest BCUT2D eigenvalue weighted by Gasteiger charge is -2.37. The Bertz CT molecular complexity index is 787. The van der Waals surface area contributed by atoms with Crippen LogP contribution in [-0.4, -0.2) is 45.0 Å². The van der Waals surface area contributed by atoms with Crippen LogP contribution >= 0.6 is 0 Å². The summed E-state index contributed by atoms with van der Waals surface area (Å²) in [6, 6.07) is 6.20. The van der Waals surface area contributed by atoms with Crippen LogP contribution in [-0.2, 0) is 26.5 Å². The second kappa shape index (κ2) is 6.09. The van der Waals surface area contributed by atoms with E-state index in [4.69, 9.17) is 0 Å². The van der Waals surface area contributed by atoms with Gasteiger partial charge in [-0.25, -0.2) is 8.42 Å². The second-order valence-electron chi connectivity index (χ2n) is 8.32. The van der Waals surface area contributed by atoms with Gasteiger partial charge in [0, 0.05) is 18.5 Å². The molecule has 2 aliphatic rings. The van der Waals surface area contributed by atoms with Gasteiger partial charge in [-0.1, -0.05) is 32.9 Å². The van der Waals surface area contributed by atoms with Crippen LogP contribution in [0.15, 0.2) is 18.2 Å². The molecule has 6 heteroatoms. The summed E-state index contributed by atoms with van der Waals surface area (Å²) in [6.45, 7) is 8.18. The maximum absolute atomic E-state index is 13.3. The predicted molar refractivity (Wildman–Crippen MR) is 101 cm³/mol. The number of hydrogen-bond donors (Lipinski definition) is 1. The zero-order valence-electron chi connectivity index (χ0n) is 15.6. The van der Waals surface area contributed by atoms with E-state index in [9.17, 15) is 13.2 Å². The Balaban J connectivity index is 1.98. The van der Waals surface area contributed by atoms with Gasteiger partial charge >= 0.3 is 0 Å². The minimum absolute atomic E-state index is 0.0511. The lowest BCUT2D eigenvalue weighted by atomic mass is 9.86. The molecule has 138 valence electrons. The summed E-state index contributed by atoms with van der Waals surface area (Å²) in [5, 5.41) is 3.17. The molecule has 0 atom stereocenters. The van der Waals surface area contributed by atoms with E-state index in [1.165, 1.54) is 11.8 Å². The van der Waals surface area contributed by atoms with Crippen LogP contribution in [0, 0.1) is 0 Å². The molecule has 0 aromatic heterocycles. The van der Waals surface area contributed by atoms with Gasteiger partial charge in [0.25, 0.3) is 0 Å². The van der Waals surface area contributed by atoms with E-state index in [1.807, 2.05) is 6.07 Å². The van der Waals surface area contributed by atoms with Crippen molar-refractivity contribution in [2.24, 2.45) is 0 Å². The first-order valence-electron chi connectivity index (χ1n) is 8.92. The van der Waals surface area contributed by atoms with Crippen molar-refractivity contribution >= 4 is 21.4 Å². The largest absolute Gasteiger partial charge is 0.317 e. The molecule has 0 spiro atoms. The third kappa shape index (κ3) is 3.10. The van der Waals surface area contributed by atoms with E-state index in [-0.39, 0.29) is 11.3 Å². The molecule has 1 amide bonds. The molecule has 5 nitrogen and oxygen atoms in total. The summed E-state index contributed by atoms with van der Waals surface area (Å²) in [5.41, 5.74) is 3.30. The highest BCUT2D eigenvalue weighted by Crippen LogP contribution is 2.37. The number of piperidine rings is 1. The van der Waals surface area contributed by atoms with Crippen LogP contribution in [0.4, 0.5) is 5.69 Å². The number of rotatable bonds is 2. The molecule has 2 aliphatic heterocycles. The molecule has 1 N–H and O–H groups in total. The molecule has 1 saturated heterocycles. The smallest absolute Gasteiger partial charge is 0.248 e. The zero-order valence-corrected chi connectivity index (χ0v) is 16.4. The lowest BCUT2D eigenvalue weighted by Crippen LogP contribution is -2.58. The molecule has 25 heavy (non-hydrogen) atoms. The number of benzene rings is 1. The van der Waals surface area contributed by atoms with E-state index >= 15 is 0 Å². The number of sulfone groups is 1. The molecule has 0 radical (unpaired) electrons. The fraction of sp³-hybridized carbons (Fsp3) is 0.632. The van der Waals surface area contributed by atoms with Crippen molar-refractivity contribution < 1.29 is 13.2 Å². The lowest BCUT2D eigenvalue weighted by molar-refractivity contribution is -0.121. The highest BCUT2D eigenvalue weighted by molar-refractivity contribution is 7.92. The summed E-state index contributed by atoms with van der Waals surface area (Å²) in [4.78, 5) is 15.0. The Kier molecular flexibility index (Phi) is 4.48. The Hall–Kier alpha value is -1.40. The van der Waals surface area contributed by atoms with E-state index < -0.39 is 14.6 Å². The van der Waals surface area contributed by atoms with Gasteiger partial charge < -0.3 is 10.2 Å². The molecule has 3 rings (SSSR count). The maximum atomic E-state index is 13.3. The third-order valence-corrected chi connectivity index (χ3v) is 7.60. The van der Waals surface area contributed by atoms with Crippen LogP contribution in [0.5, 0.6) is 0 Å². The van der Waals surface area contributed by atoms with E-state index in [0.29, 0.717) is 32.5 Å². The molecule has 0 saturated carbocycles. The molecule has 0 bridgehead atoms. The fourth-order valence-corrected chi connectivity index (χ4v) is 5.27. The average molecular weight is 365 g/mol. The SMILES string of the molecule is CC(C)(C)c1ccc2c(c1)CCN2C(=O)C1(S(C)(=O)=O)CCNCC1. The summed E-state index contributed by atoms with van der Waals surface area (Å²) in [5.74, 6) is -0.251. The highest BCUT2D eigenvalue weighted by atomic mass is 32.2. The van der Waals surface area contributed by atoms with Crippen molar-refractivity contribution in [3.63, 3.8) is 0 Å². The van der Waals surface area contributed by atoms with Crippen molar-refractivity contribution in [3.05, 3.63) is 29.3 Å². The van der Waals surface area contributed by atoms with Crippen LogP contribution < -0.4 is 10.2 Å². The van der Waals surface area contributed by atoms with Crippen LogP contribution in [0.25, 0.3) is 0 Å². The molecule has 0 aliphatic carbocycles. The number of fused-ring (bicyclic) bond motifs is 1. The number of anilines is 1. The molecule has 0 unspecified atom stereocenters. The summed E-state index contributed by atoms with van der Waals surface area (Å²) in [7, 11) is -3.49. The second-order valence-corrected chi connectivity index (χ2v) is 10.6. The molecule has 1 fully saturated rings. The van der Waals surface area contributed by atoms with E-state index in [2.05, 4.69) is 38.2 Å². The van der Waals surface area contributed by atoms with Crippen molar-refractivity contribution in [2.45, 2.75) is 50.2 Å². The normalized spacial score (nSPS) is 20.4. The molecule has 1 aromatic rings. The molecular weight excluding hydrogens is 336 g/mol. The van der Waals surface area contributed by atoms with Gasteiger partial charge in [-0.05, 0) is 55.0 Å². The third-order valence-electron chi connectivity index (χ3n) is 5.60. The standard InChI is InChI=1S/C19H28N2O3S/c1-18(2,3)15-5-6-16-14(13-15)7-12-21(16)17(22)19(25(4,23)24)8-10-20-11-9-19/h5-6,13,20H,7-12H2,1-4H3. The first-order valence-corrected chi connectivity index (χ1v) is 10.8. The first-order chi connectivity index (χ1) is 11.6. The number of carbonyl (C=O) groups excluding carboxylic acids is 1. The number of amides is 1. The number of hydrogen-bond acceptors (Lipinski definition) is 4. The topological polar surface area (TPSA) is 66.5 Å². The maximum Gasteiger partial charge on any atom is 0.248 e. The van der Waals surface area contributed by atoms with Gasteiger partial charge in [0.05, 0.1) is 0 Å². The van der Waals surface area contributed by atoms with Gasteiger partial charge in [0.15, 0.2) is 14.6 Å². The van der Waals surface area contributed by atoms with Gasteiger partial charge in [0.2, 0.25) is 5.91 Å². The summed E-state index contributed by atoms with van der Waals surface area (Å²) < 4.78 is 23.8. The van der Waals surface area contributed by atoms with Crippen molar-refractivity contribution in [2.75, 3.05) is 30.8 Å². The quantitative estimate of drug-likeness (QED) is 0.872. The molecular formula is C19H28N2O3S. The Morgan fingerprint density at radius 1 is 1.20 bits per heavy atom. The number of carbonyl (C=O) groups is 1. The van der Waals surface area contributed by atoms with Gasteiger partial charge in [-0.3, -0.25) is 4.79 Å². The zero-order chi connectivity index (χ0) is 18.5. The molecule has 2 heterocycles. The average Bonchev–Trinajstić information content (AvgIpc) is 2.96. The Morgan fingerprint density at radius 3 is 2.40 bits per heavy atom. The van der Waals surface area contributed by atoms with Gasteiger partial charge in [0.1, 0.15) is 0 Å². The van der Waals surface area contributed by atoms with Crippen molar-refractivity contribution in [3.8, 4) is 0 Å². The van der Waals surface area contributed by atoms with Crippen LogP contribution in [0.1, 0.15) is 44.7 Å². The Morgan fingerprint density at radius 2 is 1.84 bits per heavy atom. The van der Waals surface area contributed by atoms with Gasteiger partial charge in [-0.15, -0.1) is 0 Å². The van der Waals surface area contributed by atoms with E-state index in [1.54, 1.807) is 4.90 Å². The highest BCUT2D eigenvalue weighted by Gasteiger charge is 2.51. The summed E-state index contributed by atoms with van der Waals surface area (Å²) in [6.07, 6.45) is 2.67. The first kappa shape index (κ1) is 18.4. The monoisotopic (exact) mass is 364 g/mol. The minimum Gasteiger partial charge on any atom is -0.317 e. The van der Waals surface area contributed by atoms with Crippen LogP contribution in [0.2, 0.25) is 0 Å². The van der Waals surface area contributed by atoms with E-state index in [0.717, 1.165) is 17.7 Å². The van der Waals surface area contributed by atoms with Gasteiger partial charge in [-0.2, -0.15) is 0 Å². The minimum atomic E-state index is -3.49. The summed E-state index contributed by atoms with van der Waals surface area (Å²) >= 11 is 0. The predicted octanol–water partition coefficient (Wildman–Crippen LogP) is 2.04. The number of nitrogens with one attached hydrogen (secondary N) is 1. The Labute approximate surface area is 150 Å². The van der Waals surface area contributed by atoms with Crippen LogP contribution in [0.3, 0.4) is 0 Å². The molecule has 1 aromatic carbocycles. The fourth-order valence-electron chi connectivity index (χ4n) is 3.90. The van der Waals surface area contributed by atoms with Crippen molar-refractivity contribution in [1.82, 2.24) is 5.32 Å². The number of nitrogens with zero attached hydrogens (tertiary/aromatic N) is 1. The van der Waals surface area contributed by atoms with Crippen molar-refractivity contribution in [1.29, 1.82) is 0 Å².